The molecule has 1 aromatic heterocycles. The number of aliphatic imine (C=N–C) groups is 1. The van der Waals surface area contributed by atoms with Gasteiger partial charge in [-0.1, -0.05) is 48.2 Å². The fraction of sp³-hybridized carbons (Fsp3) is 0.238. The quantitative estimate of drug-likeness (QED) is 0.682. The standard InChI is InChI=1S/C21H20N4O2S/c1-2-25-19(26)17-12-7-6-11-16(17)18(23-25)20(27)24-13-8-14-28-21(24)22-15-9-4-3-5-10-15/h3-7,9-12H,2,8,13-14H2,1H3. The van der Waals surface area contributed by atoms with Crippen molar-refractivity contribution in [1.29, 1.82) is 0 Å². The van der Waals surface area contributed by atoms with Gasteiger partial charge in [-0.25, -0.2) is 9.67 Å². The zero-order valence-corrected chi connectivity index (χ0v) is 16.4. The van der Waals surface area contributed by atoms with E-state index in [1.54, 1.807) is 34.9 Å². The number of fused-ring (bicyclic) bond motifs is 1. The number of carbonyl (C=O) groups excluding carboxylic acids is 1. The molecule has 3 aromatic rings. The summed E-state index contributed by atoms with van der Waals surface area (Å²) in [7, 11) is 0. The molecule has 1 saturated heterocycles. The Balaban J connectivity index is 1.81. The first-order valence-electron chi connectivity index (χ1n) is 9.27. The minimum atomic E-state index is -0.222. The molecule has 0 radical (unpaired) electrons. The van der Waals surface area contributed by atoms with Crippen LogP contribution in [0.3, 0.4) is 0 Å². The Morgan fingerprint density at radius 3 is 2.57 bits per heavy atom. The molecule has 0 N–H and O–H groups in total. The van der Waals surface area contributed by atoms with Gasteiger partial charge in [-0.2, -0.15) is 5.10 Å². The van der Waals surface area contributed by atoms with Crippen LogP contribution in [0.5, 0.6) is 0 Å². The van der Waals surface area contributed by atoms with E-state index in [1.807, 2.05) is 43.3 Å². The number of thioether (sulfide) groups is 1. The highest BCUT2D eigenvalue weighted by Gasteiger charge is 2.28. The van der Waals surface area contributed by atoms with E-state index in [9.17, 15) is 9.59 Å². The third-order valence-corrected chi connectivity index (χ3v) is 5.65. The molecule has 1 aliphatic heterocycles. The first-order valence-corrected chi connectivity index (χ1v) is 10.3. The first-order chi connectivity index (χ1) is 13.7. The second-order valence-corrected chi connectivity index (χ2v) is 7.47. The van der Waals surface area contributed by atoms with E-state index in [4.69, 9.17) is 0 Å². The molecule has 2 heterocycles. The topological polar surface area (TPSA) is 67.6 Å². The zero-order valence-electron chi connectivity index (χ0n) is 15.5. The number of rotatable bonds is 3. The van der Waals surface area contributed by atoms with Crippen LogP contribution in [-0.2, 0) is 6.54 Å². The van der Waals surface area contributed by atoms with Gasteiger partial charge in [0.1, 0.15) is 0 Å². The van der Waals surface area contributed by atoms with Crippen molar-refractivity contribution < 1.29 is 4.79 Å². The summed E-state index contributed by atoms with van der Waals surface area (Å²) in [6.45, 7) is 2.83. The summed E-state index contributed by atoms with van der Waals surface area (Å²) >= 11 is 1.57. The molecular weight excluding hydrogens is 372 g/mol. The number of aromatic nitrogens is 2. The van der Waals surface area contributed by atoms with Crippen LogP contribution in [-0.4, -0.2) is 38.1 Å². The molecule has 142 valence electrons. The molecule has 0 bridgehead atoms. The van der Waals surface area contributed by atoms with E-state index in [2.05, 4.69) is 10.1 Å². The lowest BCUT2D eigenvalue weighted by Gasteiger charge is -2.27. The van der Waals surface area contributed by atoms with Crippen molar-refractivity contribution >= 4 is 39.3 Å². The van der Waals surface area contributed by atoms with Gasteiger partial charge in [-0.05, 0) is 31.5 Å². The van der Waals surface area contributed by atoms with Crippen LogP contribution in [0, 0.1) is 0 Å². The van der Waals surface area contributed by atoms with Crippen molar-refractivity contribution in [3.8, 4) is 0 Å². The third-order valence-electron chi connectivity index (χ3n) is 4.58. The molecule has 0 unspecified atom stereocenters. The van der Waals surface area contributed by atoms with Gasteiger partial charge >= 0.3 is 0 Å². The van der Waals surface area contributed by atoms with Crippen LogP contribution in [0.25, 0.3) is 10.8 Å². The summed E-state index contributed by atoms with van der Waals surface area (Å²) in [5.74, 6) is 0.693. The zero-order chi connectivity index (χ0) is 19.5. The Morgan fingerprint density at radius 2 is 1.82 bits per heavy atom. The highest BCUT2D eigenvalue weighted by Crippen LogP contribution is 2.25. The molecule has 1 fully saturated rings. The van der Waals surface area contributed by atoms with Crippen LogP contribution >= 0.6 is 11.8 Å². The van der Waals surface area contributed by atoms with Crippen molar-refractivity contribution in [2.75, 3.05) is 12.3 Å². The number of para-hydroxylation sites is 1. The van der Waals surface area contributed by atoms with E-state index < -0.39 is 0 Å². The van der Waals surface area contributed by atoms with Crippen LogP contribution in [0.2, 0.25) is 0 Å². The Bertz CT molecular complexity index is 1110. The van der Waals surface area contributed by atoms with Crippen molar-refractivity contribution in [2.24, 2.45) is 4.99 Å². The van der Waals surface area contributed by atoms with Gasteiger partial charge in [0.05, 0.1) is 11.1 Å². The van der Waals surface area contributed by atoms with Gasteiger partial charge in [-0.3, -0.25) is 14.5 Å². The van der Waals surface area contributed by atoms with Crippen LogP contribution < -0.4 is 5.56 Å². The smallest absolute Gasteiger partial charge is 0.280 e. The minimum Gasteiger partial charge on any atom is -0.286 e. The van der Waals surface area contributed by atoms with E-state index in [0.29, 0.717) is 34.7 Å². The summed E-state index contributed by atoms with van der Waals surface area (Å²) in [6.07, 6.45) is 0.884. The summed E-state index contributed by atoms with van der Waals surface area (Å²) in [6, 6.07) is 16.7. The predicted octanol–water partition coefficient (Wildman–Crippen LogP) is 3.68. The number of aryl methyl sites for hydroxylation is 1. The van der Waals surface area contributed by atoms with E-state index in [1.165, 1.54) is 4.68 Å². The number of nitrogens with zero attached hydrogens (tertiary/aromatic N) is 4. The average Bonchev–Trinajstić information content (AvgIpc) is 2.75. The largest absolute Gasteiger partial charge is 0.286 e. The lowest BCUT2D eigenvalue weighted by atomic mass is 10.1. The van der Waals surface area contributed by atoms with Crippen molar-refractivity contribution in [2.45, 2.75) is 19.9 Å². The Hall–Kier alpha value is -2.93. The molecule has 0 spiro atoms. The molecule has 0 aliphatic carbocycles. The average molecular weight is 392 g/mol. The number of hydrogen-bond donors (Lipinski definition) is 0. The molecule has 7 heteroatoms. The normalized spacial score (nSPS) is 15.9. The van der Waals surface area contributed by atoms with Gasteiger partial charge in [0.2, 0.25) is 0 Å². The molecule has 6 nitrogen and oxygen atoms in total. The minimum absolute atomic E-state index is 0.180. The van der Waals surface area contributed by atoms with Crippen molar-refractivity contribution in [3.63, 3.8) is 0 Å². The lowest BCUT2D eigenvalue weighted by Crippen LogP contribution is -2.40. The lowest BCUT2D eigenvalue weighted by molar-refractivity contribution is 0.0843. The fourth-order valence-corrected chi connectivity index (χ4v) is 4.14. The third kappa shape index (κ3) is 3.45. The molecule has 28 heavy (non-hydrogen) atoms. The summed E-state index contributed by atoms with van der Waals surface area (Å²) < 4.78 is 1.35. The van der Waals surface area contributed by atoms with Gasteiger partial charge in [0, 0.05) is 24.2 Å². The molecule has 0 saturated carbocycles. The van der Waals surface area contributed by atoms with E-state index in [0.717, 1.165) is 17.9 Å². The maximum Gasteiger partial charge on any atom is 0.280 e. The Morgan fingerprint density at radius 1 is 1.11 bits per heavy atom. The van der Waals surface area contributed by atoms with E-state index in [-0.39, 0.29) is 11.5 Å². The number of carbonyl (C=O) groups is 1. The first kappa shape index (κ1) is 18.4. The van der Waals surface area contributed by atoms with Crippen molar-refractivity contribution in [3.05, 3.63) is 70.6 Å². The summed E-state index contributed by atoms with van der Waals surface area (Å²) in [4.78, 5) is 32.4. The number of benzene rings is 2. The second kappa shape index (κ2) is 7.98. The van der Waals surface area contributed by atoms with Gasteiger partial charge in [-0.15, -0.1) is 0 Å². The van der Waals surface area contributed by atoms with Gasteiger partial charge < -0.3 is 0 Å². The molecular formula is C21H20N4O2S. The Labute approximate surface area is 166 Å². The van der Waals surface area contributed by atoms with Gasteiger partial charge in [0.25, 0.3) is 11.5 Å². The number of hydrogen-bond acceptors (Lipinski definition) is 5. The molecule has 0 atom stereocenters. The summed E-state index contributed by atoms with van der Waals surface area (Å²) in [5, 5.41) is 6.14. The van der Waals surface area contributed by atoms with Crippen LogP contribution in [0.15, 0.2) is 64.4 Å². The molecule has 1 amide bonds. The predicted molar refractivity (Wildman–Crippen MR) is 113 cm³/mol. The van der Waals surface area contributed by atoms with Crippen LogP contribution in [0.4, 0.5) is 5.69 Å². The number of amidine groups is 1. The van der Waals surface area contributed by atoms with Crippen LogP contribution in [0.1, 0.15) is 23.8 Å². The van der Waals surface area contributed by atoms with Crippen molar-refractivity contribution in [1.82, 2.24) is 14.7 Å². The Kier molecular flexibility index (Phi) is 5.25. The van der Waals surface area contributed by atoms with E-state index >= 15 is 0 Å². The second-order valence-electron chi connectivity index (χ2n) is 6.40. The maximum atomic E-state index is 13.4. The SMILES string of the molecule is CCn1nc(C(=O)N2CCCSC2=Nc2ccccc2)c2ccccc2c1=O. The monoisotopic (exact) mass is 392 g/mol. The highest BCUT2D eigenvalue weighted by molar-refractivity contribution is 8.13. The summed E-state index contributed by atoms with van der Waals surface area (Å²) in [5.41, 5.74) is 0.919. The molecule has 1 aliphatic rings. The number of amides is 1. The fourth-order valence-electron chi connectivity index (χ4n) is 3.19. The molecule has 2 aromatic carbocycles. The maximum absolute atomic E-state index is 13.4. The van der Waals surface area contributed by atoms with Gasteiger partial charge in [0.15, 0.2) is 10.9 Å². The highest BCUT2D eigenvalue weighted by atomic mass is 32.2. The molecule has 4 rings (SSSR count).